The van der Waals surface area contributed by atoms with Gasteiger partial charge in [0, 0.05) is 48.7 Å². The third-order valence-electron chi connectivity index (χ3n) is 8.07. The molecule has 1 aliphatic heterocycles. The molecule has 38 heavy (non-hydrogen) atoms. The van der Waals surface area contributed by atoms with Gasteiger partial charge in [0.25, 0.3) is 11.8 Å². The number of aromatic nitrogens is 2. The second-order valence-corrected chi connectivity index (χ2v) is 11.8. The minimum absolute atomic E-state index is 0.00931. The molecule has 1 saturated heterocycles. The lowest BCUT2D eigenvalue weighted by atomic mass is 10.0. The van der Waals surface area contributed by atoms with Crippen LogP contribution in [-0.4, -0.2) is 45.4 Å². The normalized spacial score (nSPS) is 17.7. The van der Waals surface area contributed by atoms with Crippen LogP contribution >= 0.6 is 11.3 Å². The summed E-state index contributed by atoms with van der Waals surface area (Å²) in [5.74, 6) is 0.401. The van der Waals surface area contributed by atoms with E-state index in [4.69, 9.17) is 4.98 Å². The van der Waals surface area contributed by atoms with Gasteiger partial charge in [0.15, 0.2) is 0 Å². The number of benzene rings is 2. The summed E-state index contributed by atoms with van der Waals surface area (Å²) in [6, 6.07) is 16.3. The van der Waals surface area contributed by atoms with Crippen LogP contribution in [0.1, 0.15) is 75.1 Å². The lowest BCUT2D eigenvalue weighted by Crippen LogP contribution is -2.49. The van der Waals surface area contributed by atoms with Gasteiger partial charge in [-0.2, -0.15) is 0 Å². The Balaban J connectivity index is 1.25. The minimum atomic E-state index is -0.0811. The van der Waals surface area contributed by atoms with Gasteiger partial charge in [0.2, 0.25) is 0 Å². The Bertz CT molecular complexity index is 1530. The van der Waals surface area contributed by atoms with Crippen LogP contribution in [0.15, 0.2) is 48.5 Å². The van der Waals surface area contributed by atoms with Gasteiger partial charge in [-0.1, -0.05) is 48.0 Å². The van der Waals surface area contributed by atoms with Crippen molar-refractivity contribution in [3.63, 3.8) is 0 Å². The van der Waals surface area contributed by atoms with E-state index in [-0.39, 0.29) is 17.9 Å². The number of carbonyl (C=O) groups excluding carboxylic acids is 2. The summed E-state index contributed by atoms with van der Waals surface area (Å²) < 4.78 is 2.06. The molecule has 4 aromatic rings. The molecule has 6 nitrogen and oxygen atoms in total. The molecule has 2 aliphatic rings. The Labute approximate surface area is 227 Å². The summed E-state index contributed by atoms with van der Waals surface area (Å²) in [5.41, 5.74) is 5.51. The summed E-state index contributed by atoms with van der Waals surface area (Å²) >= 11 is 1.68. The second kappa shape index (κ2) is 10.0. The summed E-state index contributed by atoms with van der Waals surface area (Å²) in [6.07, 6.45) is 5.20. The van der Waals surface area contributed by atoms with Gasteiger partial charge in [-0.25, -0.2) is 4.98 Å². The first-order valence-corrected chi connectivity index (χ1v) is 14.4. The van der Waals surface area contributed by atoms with Gasteiger partial charge in [-0.3, -0.25) is 9.59 Å². The molecule has 1 saturated carbocycles. The van der Waals surface area contributed by atoms with Crippen molar-refractivity contribution in [2.75, 3.05) is 13.1 Å². The molecular formula is C31H34N4O2S. The van der Waals surface area contributed by atoms with Crippen molar-refractivity contribution in [2.45, 2.75) is 57.9 Å². The molecule has 1 N–H and O–H groups in total. The van der Waals surface area contributed by atoms with E-state index >= 15 is 0 Å². The zero-order chi connectivity index (χ0) is 26.4. The topological polar surface area (TPSA) is 67.2 Å². The maximum absolute atomic E-state index is 14.0. The Kier molecular flexibility index (Phi) is 6.56. The number of hydrogen-bond donors (Lipinski definition) is 1. The highest BCUT2D eigenvalue weighted by Crippen LogP contribution is 2.45. The van der Waals surface area contributed by atoms with E-state index in [1.165, 1.54) is 5.56 Å². The largest absolute Gasteiger partial charge is 0.350 e. The molecule has 0 radical (unpaired) electrons. The summed E-state index contributed by atoms with van der Waals surface area (Å²) in [7, 11) is 1.99. The van der Waals surface area contributed by atoms with Crippen LogP contribution in [0.4, 0.5) is 0 Å². The molecule has 2 aromatic carbocycles. The van der Waals surface area contributed by atoms with Crippen molar-refractivity contribution >= 4 is 34.1 Å². The van der Waals surface area contributed by atoms with Crippen LogP contribution in [-0.2, 0) is 7.05 Å². The summed E-state index contributed by atoms with van der Waals surface area (Å²) in [6.45, 7) is 5.19. The number of thiazole rings is 1. The monoisotopic (exact) mass is 526 g/mol. The van der Waals surface area contributed by atoms with E-state index < -0.39 is 0 Å². The number of piperidine rings is 1. The predicted octanol–water partition coefficient (Wildman–Crippen LogP) is 6.22. The first kappa shape index (κ1) is 24.9. The molecule has 2 fully saturated rings. The van der Waals surface area contributed by atoms with Crippen molar-refractivity contribution in [2.24, 2.45) is 7.05 Å². The Morgan fingerprint density at radius 2 is 1.87 bits per heavy atom. The Morgan fingerprint density at radius 3 is 2.66 bits per heavy atom. The molecule has 1 atom stereocenters. The number of aryl methyl sites for hydroxylation is 2. The number of nitrogens with one attached hydrogen (secondary N) is 1. The summed E-state index contributed by atoms with van der Waals surface area (Å²) in [5, 5.41) is 5.21. The van der Waals surface area contributed by atoms with Crippen molar-refractivity contribution < 1.29 is 9.59 Å². The molecule has 0 unspecified atom stereocenters. The fourth-order valence-corrected chi connectivity index (χ4v) is 6.91. The number of para-hydroxylation sites is 1. The predicted molar refractivity (Wildman–Crippen MR) is 153 cm³/mol. The standard InChI is InChI=1S/C31H34N4O2S/c1-19-9-8-10-22(17-19)28-27(33-30(38-28)21-14-15-21)31(37)35-16-7-6-11-23(35)18-32-29(36)26-20(2)34(3)25-13-5-4-12-24(25)26/h4-5,8-10,12-13,17,21,23H,6-7,11,14-16,18H2,1-3H3,(H,32,36)/t23-/m0/s1. The molecule has 196 valence electrons. The van der Waals surface area contributed by atoms with Crippen molar-refractivity contribution in [3.8, 4) is 10.4 Å². The molecular weight excluding hydrogens is 492 g/mol. The Morgan fingerprint density at radius 1 is 1.05 bits per heavy atom. The number of nitrogens with zero attached hydrogens (tertiary/aromatic N) is 3. The fraction of sp³-hybridized carbons (Fsp3) is 0.387. The maximum atomic E-state index is 14.0. The molecule has 2 aromatic heterocycles. The van der Waals surface area contributed by atoms with Crippen LogP contribution in [0.2, 0.25) is 0 Å². The lowest BCUT2D eigenvalue weighted by Gasteiger charge is -2.35. The van der Waals surface area contributed by atoms with Gasteiger partial charge in [0.05, 0.1) is 15.4 Å². The van der Waals surface area contributed by atoms with Gasteiger partial charge in [-0.05, 0) is 57.6 Å². The molecule has 7 heteroatoms. The highest BCUT2D eigenvalue weighted by atomic mass is 32.1. The number of amides is 2. The average molecular weight is 527 g/mol. The number of likely N-dealkylation sites (tertiary alicyclic amines) is 1. The third kappa shape index (κ3) is 4.53. The molecule has 6 rings (SSSR count). The van der Waals surface area contributed by atoms with Gasteiger partial charge in [0.1, 0.15) is 5.69 Å². The van der Waals surface area contributed by atoms with E-state index in [0.29, 0.717) is 30.3 Å². The average Bonchev–Trinajstić information content (AvgIpc) is 3.63. The smallest absolute Gasteiger partial charge is 0.274 e. The number of rotatable bonds is 6. The first-order chi connectivity index (χ1) is 18.4. The Hall–Kier alpha value is -3.45. The summed E-state index contributed by atoms with van der Waals surface area (Å²) in [4.78, 5) is 35.3. The van der Waals surface area contributed by atoms with Gasteiger partial charge >= 0.3 is 0 Å². The molecule has 2 amide bonds. The molecule has 0 spiro atoms. The van der Waals surface area contributed by atoms with Crippen molar-refractivity contribution in [1.29, 1.82) is 0 Å². The lowest BCUT2D eigenvalue weighted by molar-refractivity contribution is 0.0598. The van der Waals surface area contributed by atoms with E-state index in [2.05, 4.69) is 35.0 Å². The fourth-order valence-electron chi connectivity index (χ4n) is 5.69. The maximum Gasteiger partial charge on any atom is 0.274 e. The highest BCUT2D eigenvalue weighted by molar-refractivity contribution is 7.15. The number of fused-ring (bicyclic) bond motifs is 1. The second-order valence-electron chi connectivity index (χ2n) is 10.8. The first-order valence-electron chi connectivity index (χ1n) is 13.6. The van der Waals surface area contributed by atoms with Crippen molar-refractivity contribution in [3.05, 3.63) is 76.1 Å². The number of carbonyl (C=O) groups is 2. The van der Waals surface area contributed by atoms with Crippen molar-refractivity contribution in [1.82, 2.24) is 19.8 Å². The zero-order valence-corrected chi connectivity index (χ0v) is 23.1. The van der Waals surface area contributed by atoms with E-state index in [1.54, 1.807) is 11.3 Å². The van der Waals surface area contributed by atoms with E-state index in [0.717, 1.165) is 64.1 Å². The van der Waals surface area contributed by atoms with Crippen LogP contribution in [0, 0.1) is 13.8 Å². The van der Waals surface area contributed by atoms with Crippen LogP contribution in [0.5, 0.6) is 0 Å². The molecule has 3 heterocycles. The highest BCUT2D eigenvalue weighted by Gasteiger charge is 2.34. The van der Waals surface area contributed by atoms with Gasteiger partial charge < -0.3 is 14.8 Å². The van der Waals surface area contributed by atoms with Crippen LogP contribution in [0.3, 0.4) is 0 Å². The molecule has 1 aliphatic carbocycles. The quantitative estimate of drug-likeness (QED) is 0.324. The van der Waals surface area contributed by atoms with Gasteiger partial charge in [-0.15, -0.1) is 11.3 Å². The van der Waals surface area contributed by atoms with E-state index in [1.807, 2.05) is 49.2 Å². The SMILES string of the molecule is Cc1cccc(-c2sc(C3CC3)nc2C(=O)N2CCCC[C@H]2CNC(=O)c2c(C)n(C)c3ccccc23)c1. The zero-order valence-electron chi connectivity index (χ0n) is 22.3. The van der Waals surface area contributed by atoms with Crippen LogP contribution in [0.25, 0.3) is 21.3 Å². The molecule has 0 bridgehead atoms. The third-order valence-corrected chi connectivity index (χ3v) is 9.33. The number of hydrogen-bond acceptors (Lipinski definition) is 4. The van der Waals surface area contributed by atoms with Crippen LogP contribution < -0.4 is 5.32 Å². The minimum Gasteiger partial charge on any atom is -0.350 e. The van der Waals surface area contributed by atoms with E-state index in [9.17, 15) is 9.59 Å².